The Morgan fingerprint density at radius 3 is 2.62 bits per heavy atom. The van der Waals surface area contributed by atoms with Crippen molar-refractivity contribution in [1.82, 2.24) is 4.90 Å². The van der Waals surface area contributed by atoms with Gasteiger partial charge in [0.1, 0.15) is 5.54 Å². The molecule has 24 heavy (non-hydrogen) atoms. The number of likely N-dealkylation sites (tertiary alicyclic amines) is 1. The van der Waals surface area contributed by atoms with Crippen molar-refractivity contribution in [2.75, 3.05) is 30.4 Å². The Morgan fingerprint density at radius 1 is 1.29 bits per heavy atom. The smallest absolute Gasteiger partial charge is 0.252 e. The zero-order chi connectivity index (χ0) is 17.3. The number of carbonyl (C=O) groups excluding carboxylic acids is 2. The van der Waals surface area contributed by atoms with Crippen molar-refractivity contribution < 1.29 is 9.59 Å². The molecule has 1 N–H and O–H groups in total. The zero-order valence-electron chi connectivity index (χ0n) is 14.8. The summed E-state index contributed by atoms with van der Waals surface area (Å²) in [5, 5.41) is 3.48. The van der Waals surface area contributed by atoms with E-state index in [1.165, 1.54) is 0 Å². The highest BCUT2D eigenvalue weighted by Gasteiger charge is 2.47. The molecule has 5 heteroatoms. The number of likely N-dealkylation sites (N-methyl/N-ethyl adjacent to an activating group) is 1. The number of benzene rings is 1. The first-order chi connectivity index (χ1) is 11.5. The summed E-state index contributed by atoms with van der Waals surface area (Å²) in [4.78, 5) is 29.1. The average molecular weight is 329 g/mol. The van der Waals surface area contributed by atoms with E-state index in [0.29, 0.717) is 25.9 Å². The van der Waals surface area contributed by atoms with Crippen LogP contribution in [0.25, 0.3) is 0 Å². The van der Waals surface area contributed by atoms with E-state index in [2.05, 4.69) is 12.2 Å². The van der Waals surface area contributed by atoms with Crippen LogP contribution >= 0.6 is 0 Å². The Hall–Kier alpha value is -2.04. The van der Waals surface area contributed by atoms with Gasteiger partial charge in [0.15, 0.2) is 0 Å². The predicted octanol–water partition coefficient (Wildman–Crippen LogP) is 2.87. The molecule has 5 nitrogen and oxygen atoms in total. The number of hydrogen-bond donors (Lipinski definition) is 1. The van der Waals surface area contributed by atoms with Gasteiger partial charge in [-0.2, -0.15) is 0 Å². The lowest BCUT2D eigenvalue weighted by atomic mass is 9.83. The van der Waals surface area contributed by atoms with Crippen LogP contribution in [0, 0.1) is 5.92 Å². The maximum atomic E-state index is 12.9. The lowest BCUT2D eigenvalue weighted by Gasteiger charge is -2.47. The van der Waals surface area contributed by atoms with Gasteiger partial charge in [-0.05, 0) is 31.4 Å². The van der Waals surface area contributed by atoms with E-state index in [1.807, 2.05) is 43.1 Å². The van der Waals surface area contributed by atoms with Crippen molar-refractivity contribution in [3.8, 4) is 0 Å². The Bertz CT molecular complexity index is 635. The molecule has 0 aliphatic carbocycles. The van der Waals surface area contributed by atoms with Crippen molar-refractivity contribution in [2.45, 2.75) is 45.1 Å². The van der Waals surface area contributed by atoms with E-state index in [9.17, 15) is 9.59 Å². The normalized spacial score (nSPS) is 20.5. The van der Waals surface area contributed by atoms with Gasteiger partial charge < -0.3 is 15.1 Å². The summed E-state index contributed by atoms with van der Waals surface area (Å²) >= 11 is 0. The fourth-order valence-electron chi connectivity index (χ4n) is 3.93. The maximum Gasteiger partial charge on any atom is 0.252 e. The number of hydrogen-bond acceptors (Lipinski definition) is 3. The number of rotatable bonds is 3. The van der Waals surface area contributed by atoms with Gasteiger partial charge in [0, 0.05) is 26.1 Å². The molecule has 2 aliphatic heterocycles. The highest BCUT2D eigenvalue weighted by atomic mass is 16.2. The molecule has 0 unspecified atom stereocenters. The van der Waals surface area contributed by atoms with Gasteiger partial charge in [-0.1, -0.05) is 32.4 Å². The summed E-state index contributed by atoms with van der Waals surface area (Å²) in [5.74, 6) is 0.404. The second-order valence-corrected chi connectivity index (χ2v) is 7.10. The summed E-state index contributed by atoms with van der Waals surface area (Å²) in [6.07, 6.45) is 3.27. The van der Waals surface area contributed by atoms with E-state index in [4.69, 9.17) is 0 Å². The summed E-state index contributed by atoms with van der Waals surface area (Å²) in [7, 11) is 1.84. The largest absolute Gasteiger partial charge is 0.369 e. The lowest BCUT2D eigenvalue weighted by molar-refractivity contribution is -0.138. The minimum atomic E-state index is -0.576. The molecular weight excluding hydrogens is 302 g/mol. The summed E-state index contributed by atoms with van der Waals surface area (Å²) in [6.45, 7) is 5.39. The van der Waals surface area contributed by atoms with Crippen molar-refractivity contribution in [2.24, 2.45) is 5.92 Å². The monoisotopic (exact) mass is 329 g/mol. The number of para-hydroxylation sites is 2. The van der Waals surface area contributed by atoms with Gasteiger partial charge in [-0.3, -0.25) is 9.59 Å². The third-order valence-corrected chi connectivity index (χ3v) is 5.43. The second-order valence-electron chi connectivity index (χ2n) is 7.10. The number of carbonyl (C=O) groups is 2. The summed E-state index contributed by atoms with van der Waals surface area (Å²) in [6, 6.07) is 7.89. The van der Waals surface area contributed by atoms with Crippen LogP contribution in [0.3, 0.4) is 0 Å². The van der Waals surface area contributed by atoms with Gasteiger partial charge >= 0.3 is 0 Å². The van der Waals surface area contributed by atoms with Crippen LogP contribution in [0.15, 0.2) is 24.3 Å². The van der Waals surface area contributed by atoms with Crippen LogP contribution < -0.4 is 10.2 Å². The molecule has 2 aliphatic rings. The molecule has 2 amide bonds. The fourth-order valence-corrected chi connectivity index (χ4v) is 3.93. The molecule has 1 fully saturated rings. The number of fused-ring (bicyclic) bond motifs is 1. The minimum absolute atomic E-state index is 0.0717. The molecule has 1 atom stereocenters. The average Bonchev–Trinajstić information content (AvgIpc) is 2.60. The van der Waals surface area contributed by atoms with Crippen LogP contribution in [-0.2, 0) is 9.59 Å². The molecule has 1 spiro atoms. The van der Waals surface area contributed by atoms with Crippen LogP contribution in [-0.4, -0.2) is 42.4 Å². The molecule has 130 valence electrons. The molecule has 2 heterocycles. The van der Waals surface area contributed by atoms with Gasteiger partial charge in [-0.15, -0.1) is 0 Å². The van der Waals surface area contributed by atoms with Crippen molar-refractivity contribution in [3.63, 3.8) is 0 Å². The molecular formula is C19H27N3O2. The number of nitrogens with zero attached hydrogens (tertiary/aromatic N) is 2. The van der Waals surface area contributed by atoms with Gasteiger partial charge in [-0.25, -0.2) is 0 Å². The Balaban J connectivity index is 1.74. The van der Waals surface area contributed by atoms with Gasteiger partial charge in [0.25, 0.3) is 5.91 Å². The summed E-state index contributed by atoms with van der Waals surface area (Å²) < 4.78 is 0. The van der Waals surface area contributed by atoms with E-state index in [-0.39, 0.29) is 17.7 Å². The second kappa shape index (κ2) is 6.46. The zero-order valence-corrected chi connectivity index (χ0v) is 14.8. The van der Waals surface area contributed by atoms with Crippen molar-refractivity contribution >= 4 is 23.2 Å². The first kappa shape index (κ1) is 16.8. The third kappa shape index (κ3) is 2.76. The molecule has 0 saturated carbocycles. The SMILES string of the molecule is CCC[C@H](C)C(=O)N1CCC2(CC1)Nc1ccccc1N(C)C2=O. The van der Waals surface area contributed by atoms with Crippen LogP contribution in [0.5, 0.6) is 0 Å². The summed E-state index contributed by atoms with van der Waals surface area (Å²) in [5.41, 5.74) is 1.34. The fraction of sp³-hybridized carbons (Fsp3) is 0.579. The minimum Gasteiger partial charge on any atom is -0.369 e. The van der Waals surface area contributed by atoms with Crippen molar-refractivity contribution in [3.05, 3.63) is 24.3 Å². The highest BCUT2D eigenvalue weighted by molar-refractivity contribution is 6.07. The topological polar surface area (TPSA) is 52.7 Å². The van der Waals surface area contributed by atoms with E-state index >= 15 is 0 Å². The van der Waals surface area contributed by atoms with Gasteiger partial charge in [0.2, 0.25) is 5.91 Å². The molecule has 1 aromatic rings. The van der Waals surface area contributed by atoms with E-state index < -0.39 is 5.54 Å². The van der Waals surface area contributed by atoms with E-state index in [1.54, 1.807) is 4.90 Å². The quantitative estimate of drug-likeness (QED) is 0.928. The molecule has 0 radical (unpaired) electrons. The standard InChI is InChI=1S/C19H27N3O2/c1-4-7-14(2)17(23)22-12-10-19(11-13-22)18(24)21(3)16-9-6-5-8-15(16)20-19/h5-6,8-9,14,20H,4,7,10-13H2,1-3H3/t14-/m0/s1. The molecule has 1 saturated heterocycles. The maximum absolute atomic E-state index is 12.9. The Morgan fingerprint density at radius 2 is 1.96 bits per heavy atom. The first-order valence-electron chi connectivity index (χ1n) is 8.92. The van der Waals surface area contributed by atoms with Crippen LogP contribution in [0.4, 0.5) is 11.4 Å². The number of anilines is 2. The van der Waals surface area contributed by atoms with Crippen LogP contribution in [0.1, 0.15) is 39.5 Å². The molecule has 1 aromatic carbocycles. The molecule has 0 bridgehead atoms. The third-order valence-electron chi connectivity index (χ3n) is 5.43. The number of amides is 2. The van der Waals surface area contributed by atoms with Crippen LogP contribution in [0.2, 0.25) is 0 Å². The number of piperidine rings is 1. The van der Waals surface area contributed by atoms with Crippen molar-refractivity contribution in [1.29, 1.82) is 0 Å². The molecule has 0 aromatic heterocycles. The molecule has 3 rings (SSSR count). The predicted molar refractivity (Wildman–Crippen MR) is 96.1 cm³/mol. The van der Waals surface area contributed by atoms with E-state index in [0.717, 1.165) is 24.2 Å². The Kier molecular flexibility index (Phi) is 4.52. The highest BCUT2D eigenvalue weighted by Crippen LogP contribution is 2.39. The number of nitrogens with one attached hydrogen (secondary N) is 1. The lowest BCUT2D eigenvalue weighted by Crippen LogP contribution is -2.61. The van der Waals surface area contributed by atoms with Gasteiger partial charge in [0.05, 0.1) is 11.4 Å². The first-order valence-corrected chi connectivity index (χ1v) is 8.92. The Labute approximate surface area is 144 Å².